The molecule has 3 heterocycles. The van der Waals surface area contributed by atoms with Crippen molar-refractivity contribution in [3.8, 4) is 0 Å². The van der Waals surface area contributed by atoms with E-state index < -0.39 is 4.92 Å². The van der Waals surface area contributed by atoms with Crippen LogP contribution in [-0.4, -0.2) is 44.9 Å². The van der Waals surface area contributed by atoms with Gasteiger partial charge >= 0.3 is 5.82 Å². The molecule has 3 rings (SSSR count). The number of aromatic nitrogens is 2. The van der Waals surface area contributed by atoms with Crippen LogP contribution < -0.4 is 5.32 Å². The normalized spacial score (nSPS) is 18.0. The van der Waals surface area contributed by atoms with E-state index in [1.807, 2.05) is 12.1 Å². The minimum absolute atomic E-state index is 0.0959. The zero-order valence-corrected chi connectivity index (χ0v) is 12.7. The van der Waals surface area contributed by atoms with E-state index in [1.165, 1.54) is 23.7 Å². The Bertz CT molecular complexity index is 728. The summed E-state index contributed by atoms with van der Waals surface area (Å²) in [7, 11) is 1.53. The Morgan fingerprint density at radius 3 is 2.91 bits per heavy atom. The molecular weight excluding hydrogens is 298 g/mol. The molecule has 8 nitrogen and oxygen atoms in total. The molecule has 1 aliphatic heterocycles. The van der Waals surface area contributed by atoms with Crippen molar-refractivity contribution in [3.05, 3.63) is 58.0 Å². The smallest absolute Gasteiger partial charge is 0.323 e. The summed E-state index contributed by atoms with van der Waals surface area (Å²) >= 11 is 0. The molecule has 1 N–H and O–H groups in total. The Balaban J connectivity index is 1.92. The van der Waals surface area contributed by atoms with E-state index in [0.29, 0.717) is 25.3 Å². The fraction of sp³-hybridized carbons (Fsp3) is 0.333. The number of carbonyl (C=O) groups excluding carboxylic acids is 1. The summed E-state index contributed by atoms with van der Waals surface area (Å²) in [6, 6.07) is 6.48. The molecule has 2 aromatic rings. The fourth-order valence-corrected chi connectivity index (χ4v) is 2.86. The summed E-state index contributed by atoms with van der Waals surface area (Å²) in [5.41, 5.74) is 1.25. The largest absolute Gasteiger partial charge is 0.358 e. The van der Waals surface area contributed by atoms with E-state index in [1.54, 1.807) is 17.3 Å². The number of nitro groups is 1. The predicted octanol–water partition coefficient (Wildman–Crippen LogP) is 1.11. The molecule has 1 aliphatic rings. The Morgan fingerprint density at radius 2 is 2.26 bits per heavy atom. The van der Waals surface area contributed by atoms with Crippen molar-refractivity contribution in [2.24, 2.45) is 7.05 Å². The average molecular weight is 315 g/mol. The van der Waals surface area contributed by atoms with Crippen LogP contribution in [0.2, 0.25) is 0 Å². The topological polar surface area (TPSA) is 93.3 Å². The molecular formula is C15H17N5O3. The maximum atomic E-state index is 12.9. The van der Waals surface area contributed by atoms with Crippen LogP contribution in [0.5, 0.6) is 0 Å². The first-order valence-corrected chi connectivity index (χ1v) is 7.31. The number of piperazine rings is 1. The third kappa shape index (κ3) is 2.80. The first-order chi connectivity index (χ1) is 11.1. The molecule has 8 heteroatoms. The lowest BCUT2D eigenvalue weighted by Gasteiger charge is -2.35. The molecule has 1 unspecified atom stereocenters. The van der Waals surface area contributed by atoms with Crippen molar-refractivity contribution in [3.63, 3.8) is 0 Å². The van der Waals surface area contributed by atoms with Crippen LogP contribution in [0.25, 0.3) is 0 Å². The monoisotopic (exact) mass is 315 g/mol. The summed E-state index contributed by atoms with van der Waals surface area (Å²) < 4.78 is 1.32. The van der Waals surface area contributed by atoms with Gasteiger partial charge in [-0.25, -0.2) is 4.57 Å². The molecule has 1 amide bonds. The molecule has 120 valence electrons. The highest BCUT2D eigenvalue weighted by Gasteiger charge is 2.32. The second kappa shape index (κ2) is 6.17. The average Bonchev–Trinajstić information content (AvgIpc) is 2.97. The van der Waals surface area contributed by atoms with Crippen molar-refractivity contribution in [2.75, 3.05) is 19.6 Å². The quantitative estimate of drug-likeness (QED) is 0.676. The number of amides is 1. The molecule has 0 spiro atoms. The number of hydrogen-bond donors (Lipinski definition) is 1. The molecule has 0 radical (unpaired) electrons. The molecule has 2 aromatic heterocycles. The summed E-state index contributed by atoms with van der Waals surface area (Å²) in [4.78, 5) is 29.2. The zero-order chi connectivity index (χ0) is 16.4. The lowest BCUT2D eigenvalue weighted by molar-refractivity contribution is -0.391. The number of pyridine rings is 1. The van der Waals surface area contributed by atoms with Crippen LogP contribution >= 0.6 is 0 Å². The van der Waals surface area contributed by atoms with Crippen molar-refractivity contribution >= 4 is 11.7 Å². The van der Waals surface area contributed by atoms with E-state index in [2.05, 4.69) is 10.3 Å². The Labute approximate surface area is 132 Å². The number of hydrogen-bond acceptors (Lipinski definition) is 5. The summed E-state index contributed by atoms with van der Waals surface area (Å²) in [6.07, 6.45) is 3.43. The van der Waals surface area contributed by atoms with E-state index >= 15 is 0 Å². The van der Waals surface area contributed by atoms with Gasteiger partial charge in [0, 0.05) is 38.1 Å². The third-order valence-corrected chi connectivity index (χ3v) is 4.07. The molecule has 23 heavy (non-hydrogen) atoms. The van der Waals surface area contributed by atoms with Gasteiger partial charge in [-0.1, -0.05) is 6.07 Å². The van der Waals surface area contributed by atoms with Crippen molar-refractivity contribution in [1.82, 2.24) is 19.8 Å². The van der Waals surface area contributed by atoms with Crippen LogP contribution in [0.1, 0.15) is 22.1 Å². The standard InChI is InChI=1S/C15H17N5O3/c1-18-12(4-5-14(18)20(22)23)15(21)19-8-7-17-10-13(19)11-3-2-6-16-9-11/h2-6,9,13,17H,7-8,10H2,1H3. The van der Waals surface area contributed by atoms with Gasteiger partial charge in [-0.05, 0) is 22.6 Å². The van der Waals surface area contributed by atoms with Crippen molar-refractivity contribution in [1.29, 1.82) is 0 Å². The number of nitrogens with one attached hydrogen (secondary N) is 1. The molecule has 0 saturated carbocycles. The Kier molecular flexibility index (Phi) is 4.07. The number of nitrogens with zero attached hydrogens (tertiary/aromatic N) is 4. The SMILES string of the molecule is Cn1c(C(=O)N2CCNCC2c2cccnc2)ccc1[N+](=O)[O-]. The Hall–Kier alpha value is -2.74. The Morgan fingerprint density at radius 1 is 1.43 bits per heavy atom. The summed E-state index contributed by atoms with van der Waals surface area (Å²) in [5, 5.41) is 14.2. The van der Waals surface area contributed by atoms with Crippen molar-refractivity contribution in [2.45, 2.75) is 6.04 Å². The third-order valence-electron chi connectivity index (χ3n) is 4.07. The van der Waals surface area contributed by atoms with Gasteiger partial charge in [-0.15, -0.1) is 0 Å². The molecule has 1 fully saturated rings. The highest BCUT2D eigenvalue weighted by atomic mass is 16.6. The first kappa shape index (κ1) is 15.2. The van der Waals surface area contributed by atoms with Gasteiger partial charge < -0.3 is 20.3 Å². The van der Waals surface area contributed by atoms with Crippen LogP contribution in [0.15, 0.2) is 36.7 Å². The molecule has 1 atom stereocenters. The molecule has 0 aliphatic carbocycles. The summed E-state index contributed by atoms with van der Waals surface area (Å²) in [5.74, 6) is -0.308. The van der Waals surface area contributed by atoms with Crippen LogP contribution in [0, 0.1) is 10.1 Å². The van der Waals surface area contributed by atoms with E-state index in [4.69, 9.17) is 0 Å². The van der Waals surface area contributed by atoms with Gasteiger partial charge in [0.2, 0.25) is 0 Å². The van der Waals surface area contributed by atoms with Crippen LogP contribution in [-0.2, 0) is 7.05 Å². The molecule has 1 saturated heterocycles. The van der Waals surface area contributed by atoms with Gasteiger partial charge in [0.25, 0.3) is 5.91 Å². The van der Waals surface area contributed by atoms with Gasteiger partial charge in [-0.3, -0.25) is 9.78 Å². The van der Waals surface area contributed by atoms with Crippen molar-refractivity contribution < 1.29 is 9.72 Å². The highest BCUT2D eigenvalue weighted by molar-refractivity contribution is 5.93. The molecule has 0 bridgehead atoms. The minimum atomic E-state index is -0.493. The lowest BCUT2D eigenvalue weighted by Crippen LogP contribution is -2.49. The summed E-state index contributed by atoms with van der Waals surface area (Å²) in [6.45, 7) is 1.86. The lowest BCUT2D eigenvalue weighted by atomic mass is 10.0. The minimum Gasteiger partial charge on any atom is -0.358 e. The highest BCUT2D eigenvalue weighted by Crippen LogP contribution is 2.25. The fourth-order valence-electron chi connectivity index (χ4n) is 2.86. The molecule has 0 aromatic carbocycles. The van der Waals surface area contributed by atoms with Gasteiger partial charge in [0.15, 0.2) is 5.69 Å². The van der Waals surface area contributed by atoms with E-state index in [-0.39, 0.29) is 17.8 Å². The van der Waals surface area contributed by atoms with Gasteiger partial charge in [-0.2, -0.15) is 0 Å². The zero-order valence-electron chi connectivity index (χ0n) is 12.7. The van der Waals surface area contributed by atoms with Crippen LogP contribution in [0.4, 0.5) is 5.82 Å². The maximum Gasteiger partial charge on any atom is 0.323 e. The van der Waals surface area contributed by atoms with Crippen LogP contribution in [0.3, 0.4) is 0 Å². The number of carbonyl (C=O) groups is 1. The second-order valence-corrected chi connectivity index (χ2v) is 5.40. The van der Waals surface area contributed by atoms with E-state index in [0.717, 1.165) is 5.56 Å². The first-order valence-electron chi connectivity index (χ1n) is 7.31. The number of rotatable bonds is 3. The maximum absolute atomic E-state index is 12.9. The second-order valence-electron chi connectivity index (χ2n) is 5.40. The van der Waals surface area contributed by atoms with Gasteiger partial charge in [0.1, 0.15) is 0 Å². The predicted molar refractivity (Wildman–Crippen MR) is 83.0 cm³/mol. The van der Waals surface area contributed by atoms with E-state index in [9.17, 15) is 14.9 Å². The van der Waals surface area contributed by atoms with Gasteiger partial charge in [0.05, 0.1) is 13.1 Å².